The molecule has 0 spiro atoms. The second-order valence-electron chi connectivity index (χ2n) is 9.52. The number of hydrogen-bond acceptors (Lipinski definition) is 2. The van der Waals surface area contributed by atoms with Gasteiger partial charge < -0.3 is 9.47 Å². The van der Waals surface area contributed by atoms with Crippen LogP contribution in [0, 0.1) is 0 Å². The van der Waals surface area contributed by atoms with Crippen molar-refractivity contribution in [2.24, 2.45) is 0 Å². The van der Waals surface area contributed by atoms with E-state index in [4.69, 9.17) is 4.98 Å². The Kier molecular flexibility index (Phi) is 4.97. The third kappa shape index (κ3) is 3.81. The van der Waals surface area contributed by atoms with Crippen molar-refractivity contribution in [3.05, 3.63) is 65.5 Å². The summed E-state index contributed by atoms with van der Waals surface area (Å²) in [5.41, 5.74) is 4.59. The highest BCUT2D eigenvalue weighted by Gasteiger charge is 2.39. The summed E-state index contributed by atoms with van der Waals surface area (Å²) >= 11 is 0. The molecular formula is C25H31N3O. The van der Waals surface area contributed by atoms with E-state index in [1.807, 2.05) is 11.0 Å². The summed E-state index contributed by atoms with van der Waals surface area (Å²) in [6.07, 6.45) is 0.535. The summed E-state index contributed by atoms with van der Waals surface area (Å²) < 4.78 is 2.31. The third-order valence-electron chi connectivity index (χ3n) is 5.97. The number of aromatic nitrogens is 2. The van der Waals surface area contributed by atoms with Crippen LogP contribution in [0.25, 0.3) is 11.0 Å². The number of fused-ring (bicyclic) bond motifs is 1. The second-order valence-corrected chi connectivity index (χ2v) is 9.52. The van der Waals surface area contributed by atoms with Crippen LogP contribution in [0.1, 0.15) is 69.8 Å². The van der Waals surface area contributed by atoms with Gasteiger partial charge in [-0.1, -0.05) is 50.2 Å². The molecule has 4 nitrogen and oxygen atoms in total. The van der Waals surface area contributed by atoms with Crippen molar-refractivity contribution in [3.63, 3.8) is 0 Å². The Bertz CT molecular complexity index is 1020. The van der Waals surface area contributed by atoms with Crippen LogP contribution in [-0.4, -0.2) is 32.4 Å². The molecule has 4 heteroatoms. The van der Waals surface area contributed by atoms with Crippen molar-refractivity contribution >= 4 is 16.9 Å². The number of imidazole rings is 1. The Hall–Kier alpha value is -2.62. The van der Waals surface area contributed by atoms with Crippen molar-refractivity contribution in [3.8, 4) is 0 Å². The molecule has 0 bridgehead atoms. The van der Waals surface area contributed by atoms with Crippen LogP contribution < -0.4 is 0 Å². The molecule has 1 aliphatic rings. The Morgan fingerprint density at radius 2 is 1.76 bits per heavy atom. The Balaban J connectivity index is 1.71. The lowest BCUT2D eigenvalue weighted by Crippen LogP contribution is -2.42. The van der Waals surface area contributed by atoms with Crippen LogP contribution in [0.2, 0.25) is 0 Å². The van der Waals surface area contributed by atoms with Crippen molar-refractivity contribution in [1.82, 2.24) is 14.5 Å². The summed E-state index contributed by atoms with van der Waals surface area (Å²) in [7, 11) is 0. The predicted octanol–water partition coefficient (Wildman–Crippen LogP) is 5.32. The molecule has 0 N–H and O–H groups in total. The largest absolute Gasteiger partial charge is 0.337 e. The molecule has 1 aliphatic heterocycles. The van der Waals surface area contributed by atoms with Crippen LogP contribution in [-0.2, 0) is 11.3 Å². The number of benzene rings is 2. The lowest BCUT2D eigenvalue weighted by atomic mass is 10.0. The first kappa shape index (κ1) is 19.7. The van der Waals surface area contributed by atoms with Gasteiger partial charge >= 0.3 is 0 Å². The molecule has 1 unspecified atom stereocenters. The lowest BCUT2D eigenvalue weighted by molar-refractivity contribution is -0.131. The van der Waals surface area contributed by atoms with Gasteiger partial charge in [0.15, 0.2) is 0 Å². The number of likely N-dealkylation sites (tertiary alicyclic amines) is 1. The van der Waals surface area contributed by atoms with E-state index in [1.165, 1.54) is 11.1 Å². The van der Waals surface area contributed by atoms with Gasteiger partial charge in [-0.25, -0.2) is 4.98 Å². The number of hydrogen-bond donors (Lipinski definition) is 0. The average Bonchev–Trinajstić information content (AvgIpc) is 3.23. The second kappa shape index (κ2) is 7.33. The zero-order chi connectivity index (χ0) is 20.8. The summed E-state index contributed by atoms with van der Waals surface area (Å²) in [5, 5.41) is 0. The molecule has 1 saturated heterocycles. The zero-order valence-corrected chi connectivity index (χ0v) is 18.1. The highest BCUT2D eigenvalue weighted by molar-refractivity contribution is 5.81. The van der Waals surface area contributed by atoms with Gasteiger partial charge in [-0.2, -0.15) is 0 Å². The van der Waals surface area contributed by atoms with Crippen LogP contribution in [0.15, 0.2) is 48.5 Å². The van der Waals surface area contributed by atoms with E-state index in [2.05, 4.69) is 81.7 Å². The van der Waals surface area contributed by atoms with Crippen LogP contribution in [0.5, 0.6) is 0 Å². The summed E-state index contributed by atoms with van der Waals surface area (Å²) in [6, 6.07) is 17.2. The quantitative estimate of drug-likeness (QED) is 0.605. The highest BCUT2D eigenvalue weighted by Crippen LogP contribution is 2.34. The molecule has 2 heterocycles. The molecule has 0 radical (unpaired) electrons. The van der Waals surface area contributed by atoms with Crippen LogP contribution in [0.3, 0.4) is 0 Å². The van der Waals surface area contributed by atoms with Crippen LogP contribution >= 0.6 is 0 Å². The minimum atomic E-state index is -0.157. The van der Waals surface area contributed by atoms with Gasteiger partial charge in [0.2, 0.25) is 5.91 Å². The minimum Gasteiger partial charge on any atom is -0.337 e. The maximum Gasteiger partial charge on any atom is 0.223 e. The average molecular weight is 390 g/mol. The minimum absolute atomic E-state index is 0.129. The van der Waals surface area contributed by atoms with Crippen molar-refractivity contribution in [2.75, 3.05) is 6.54 Å². The third-order valence-corrected chi connectivity index (χ3v) is 5.97. The van der Waals surface area contributed by atoms with E-state index < -0.39 is 0 Å². The fraction of sp³-hybridized carbons (Fsp3) is 0.440. The summed E-state index contributed by atoms with van der Waals surface area (Å²) in [6.45, 7) is 12.3. The number of carbonyl (C=O) groups is 1. The molecule has 0 aliphatic carbocycles. The van der Waals surface area contributed by atoms with E-state index in [-0.39, 0.29) is 17.4 Å². The van der Waals surface area contributed by atoms with Gasteiger partial charge in [-0.3, -0.25) is 4.79 Å². The van der Waals surface area contributed by atoms with E-state index in [1.54, 1.807) is 0 Å². The fourth-order valence-electron chi connectivity index (χ4n) is 4.29. The van der Waals surface area contributed by atoms with E-state index in [0.29, 0.717) is 12.3 Å². The van der Waals surface area contributed by atoms with Gasteiger partial charge in [-0.15, -0.1) is 0 Å². The Morgan fingerprint density at radius 3 is 2.38 bits per heavy atom. The van der Waals surface area contributed by atoms with E-state index >= 15 is 0 Å². The van der Waals surface area contributed by atoms with Gasteiger partial charge in [0.1, 0.15) is 5.82 Å². The molecule has 0 saturated carbocycles. The molecular weight excluding hydrogens is 358 g/mol. The predicted molar refractivity (Wildman–Crippen MR) is 118 cm³/mol. The first-order chi connectivity index (χ1) is 13.7. The maximum atomic E-state index is 12.7. The number of para-hydroxylation sites is 2. The SMILES string of the molecule is CC(C)c1ccc(Cn2c(C3CC(=O)N(C(C)(C)C)C3)nc3ccccc32)cc1. The van der Waals surface area contributed by atoms with E-state index in [9.17, 15) is 4.79 Å². The van der Waals surface area contributed by atoms with Gasteiger partial charge in [-0.05, 0) is 49.9 Å². The normalized spacial score (nSPS) is 17.7. The molecule has 29 heavy (non-hydrogen) atoms. The fourth-order valence-corrected chi connectivity index (χ4v) is 4.29. The molecule has 1 atom stereocenters. The summed E-state index contributed by atoms with van der Waals surface area (Å²) in [4.78, 5) is 19.7. The van der Waals surface area contributed by atoms with Gasteiger partial charge in [0, 0.05) is 31.0 Å². The van der Waals surface area contributed by atoms with Crippen molar-refractivity contribution in [1.29, 1.82) is 0 Å². The molecule has 4 rings (SSSR count). The summed E-state index contributed by atoms with van der Waals surface area (Å²) in [5.74, 6) is 1.91. The molecule has 1 fully saturated rings. The molecule has 152 valence electrons. The first-order valence-electron chi connectivity index (χ1n) is 10.6. The molecule has 2 aromatic carbocycles. The van der Waals surface area contributed by atoms with Crippen molar-refractivity contribution < 1.29 is 4.79 Å². The maximum absolute atomic E-state index is 12.7. The Morgan fingerprint density at radius 1 is 1.07 bits per heavy atom. The van der Waals surface area contributed by atoms with Crippen molar-refractivity contribution in [2.45, 2.75) is 65.0 Å². The van der Waals surface area contributed by atoms with Gasteiger partial charge in [0.25, 0.3) is 0 Å². The topological polar surface area (TPSA) is 38.1 Å². The number of carbonyl (C=O) groups excluding carboxylic acids is 1. The smallest absolute Gasteiger partial charge is 0.223 e. The van der Waals surface area contributed by atoms with Crippen LogP contribution in [0.4, 0.5) is 0 Å². The standard InChI is InChI=1S/C25H31N3O/c1-17(2)19-12-10-18(11-13-19)15-27-22-9-7-6-8-21(22)26-24(27)20-14-23(29)28(16-20)25(3,4)5/h6-13,17,20H,14-16H2,1-5H3. The number of rotatable bonds is 4. The van der Waals surface area contributed by atoms with Gasteiger partial charge in [0.05, 0.1) is 11.0 Å². The molecule has 1 amide bonds. The monoisotopic (exact) mass is 389 g/mol. The Labute approximate surface area is 173 Å². The lowest BCUT2D eigenvalue weighted by Gasteiger charge is -2.32. The molecule has 3 aromatic rings. The zero-order valence-electron chi connectivity index (χ0n) is 18.1. The van der Waals surface area contributed by atoms with E-state index in [0.717, 1.165) is 29.9 Å². The molecule has 1 aromatic heterocycles. The first-order valence-corrected chi connectivity index (χ1v) is 10.6. The number of nitrogens with zero attached hydrogens (tertiary/aromatic N) is 3. The number of amides is 1. The highest BCUT2D eigenvalue weighted by atomic mass is 16.2.